The van der Waals surface area contributed by atoms with E-state index < -0.39 is 5.97 Å². The minimum absolute atomic E-state index is 0.189. The summed E-state index contributed by atoms with van der Waals surface area (Å²) < 4.78 is 0. The lowest BCUT2D eigenvalue weighted by molar-refractivity contribution is -0.137. The Morgan fingerprint density at radius 2 is 2.47 bits per heavy atom. The van der Waals surface area contributed by atoms with Crippen molar-refractivity contribution in [3.05, 3.63) is 23.5 Å². The molecule has 1 atom stereocenters. The van der Waals surface area contributed by atoms with Crippen molar-refractivity contribution < 1.29 is 9.90 Å². The summed E-state index contributed by atoms with van der Waals surface area (Å²) in [6, 6.07) is 2.04. The van der Waals surface area contributed by atoms with Gasteiger partial charge in [0.25, 0.3) is 0 Å². The Hall–Kier alpha value is -1.29. The van der Waals surface area contributed by atoms with E-state index in [0.717, 1.165) is 13.0 Å². The molecule has 0 radical (unpaired) electrons. The fourth-order valence-electron chi connectivity index (χ4n) is 2.27. The molecule has 3 N–H and O–H groups in total. The Labute approximate surface area is 88.7 Å². The normalized spacial score (nSPS) is 24.9. The van der Waals surface area contributed by atoms with Gasteiger partial charge in [0.1, 0.15) is 0 Å². The van der Waals surface area contributed by atoms with Gasteiger partial charge in [0.2, 0.25) is 0 Å². The minimum Gasteiger partial charge on any atom is -0.481 e. The Bertz CT molecular complexity index is 372. The molecule has 0 saturated carbocycles. The minimum atomic E-state index is -0.735. The van der Waals surface area contributed by atoms with Gasteiger partial charge in [-0.15, -0.1) is 0 Å². The maximum Gasteiger partial charge on any atom is 0.303 e. The Kier molecular flexibility index (Phi) is 2.52. The summed E-state index contributed by atoms with van der Waals surface area (Å²) in [7, 11) is 0. The Balaban J connectivity index is 2.19. The van der Waals surface area contributed by atoms with Gasteiger partial charge in [-0.3, -0.25) is 4.79 Å². The van der Waals surface area contributed by atoms with Crippen LogP contribution >= 0.6 is 0 Å². The highest BCUT2D eigenvalue weighted by atomic mass is 16.4. The third-order valence-corrected chi connectivity index (χ3v) is 3.16. The van der Waals surface area contributed by atoms with Crippen LogP contribution in [0.15, 0.2) is 12.3 Å². The molecule has 2 heterocycles. The SMILES string of the molecule is CC1(CCC(=O)O)NCCc2[nH]ccc21. The van der Waals surface area contributed by atoms with E-state index in [1.807, 2.05) is 12.3 Å². The number of aliphatic carboxylic acids is 1. The zero-order valence-electron chi connectivity index (χ0n) is 8.84. The lowest BCUT2D eigenvalue weighted by Gasteiger charge is -2.35. The van der Waals surface area contributed by atoms with Crippen LogP contribution < -0.4 is 5.32 Å². The van der Waals surface area contributed by atoms with Crippen molar-refractivity contribution in [1.29, 1.82) is 0 Å². The van der Waals surface area contributed by atoms with Gasteiger partial charge in [0.05, 0.1) is 0 Å². The number of carboxylic acid groups (broad SMARTS) is 1. The summed E-state index contributed by atoms with van der Waals surface area (Å²) in [6.45, 7) is 2.98. The number of rotatable bonds is 3. The summed E-state index contributed by atoms with van der Waals surface area (Å²) in [4.78, 5) is 13.8. The van der Waals surface area contributed by atoms with E-state index in [-0.39, 0.29) is 12.0 Å². The molecule has 1 aromatic heterocycles. The smallest absolute Gasteiger partial charge is 0.303 e. The molecule has 0 bridgehead atoms. The molecule has 0 spiro atoms. The summed E-state index contributed by atoms with van der Waals surface area (Å²) in [5.41, 5.74) is 2.27. The second-order valence-electron chi connectivity index (χ2n) is 4.27. The first kappa shape index (κ1) is 10.2. The number of aromatic amines is 1. The number of hydrogen-bond donors (Lipinski definition) is 3. The predicted octanol–water partition coefficient (Wildman–Crippen LogP) is 1.24. The van der Waals surface area contributed by atoms with E-state index in [1.165, 1.54) is 11.3 Å². The highest BCUT2D eigenvalue weighted by Gasteiger charge is 2.32. The number of carboxylic acids is 1. The zero-order chi connectivity index (χ0) is 10.9. The van der Waals surface area contributed by atoms with Crippen LogP contribution in [0, 0.1) is 0 Å². The second-order valence-corrected chi connectivity index (χ2v) is 4.27. The first-order valence-electron chi connectivity index (χ1n) is 5.25. The van der Waals surface area contributed by atoms with Crippen LogP contribution in [0.1, 0.15) is 31.0 Å². The van der Waals surface area contributed by atoms with Gasteiger partial charge < -0.3 is 15.4 Å². The number of aromatic nitrogens is 1. The van der Waals surface area contributed by atoms with Crippen molar-refractivity contribution >= 4 is 5.97 Å². The molecule has 1 aliphatic rings. The number of H-pyrrole nitrogens is 1. The average molecular weight is 208 g/mol. The summed E-state index contributed by atoms with van der Waals surface area (Å²) in [6.07, 6.45) is 3.75. The van der Waals surface area contributed by atoms with Crippen molar-refractivity contribution in [2.75, 3.05) is 6.54 Å². The number of hydrogen-bond acceptors (Lipinski definition) is 2. The molecule has 82 valence electrons. The Morgan fingerprint density at radius 3 is 3.20 bits per heavy atom. The molecule has 0 fully saturated rings. The van der Waals surface area contributed by atoms with Crippen molar-refractivity contribution in [2.24, 2.45) is 0 Å². The lowest BCUT2D eigenvalue weighted by atomic mass is 9.84. The topological polar surface area (TPSA) is 65.1 Å². The van der Waals surface area contributed by atoms with E-state index in [4.69, 9.17) is 5.11 Å². The molecular weight excluding hydrogens is 192 g/mol. The molecular formula is C11H16N2O2. The van der Waals surface area contributed by atoms with Crippen LogP contribution in [0.4, 0.5) is 0 Å². The molecule has 1 unspecified atom stereocenters. The molecule has 0 amide bonds. The maximum absolute atomic E-state index is 10.6. The predicted molar refractivity (Wildman–Crippen MR) is 56.7 cm³/mol. The second kappa shape index (κ2) is 3.70. The highest BCUT2D eigenvalue weighted by molar-refractivity contribution is 5.66. The quantitative estimate of drug-likeness (QED) is 0.700. The van der Waals surface area contributed by atoms with E-state index in [1.54, 1.807) is 0 Å². The van der Waals surface area contributed by atoms with Crippen LogP contribution in [0.3, 0.4) is 0 Å². The van der Waals surface area contributed by atoms with Crippen molar-refractivity contribution in [2.45, 2.75) is 31.7 Å². The number of carbonyl (C=O) groups is 1. The van der Waals surface area contributed by atoms with Crippen molar-refractivity contribution in [3.63, 3.8) is 0 Å². The van der Waals surface area contributed by atoms with Crippen molar-refractivity contribution in [3.8, 4) is 0 Å². The zero-order valence-corrected chi connectivity index (χ0v) is 8.84. The van der Waals surface area contributed by atoms with Gasteiger partial charge in [0.15, 0.2) is 0 Å². The largest absolute Gasteiger partial charge is 0.481 e. The van der Waals surface area contributed by atoms with Crippen LogP contribution in [0.2, 0.25) is 0 Å². The maximum atomic E-state index is 10.6. The van der Waals surface area contributed by atoms with E-state index in [0.29, 0.717) is 6.42 Å². The van der Waals surface area contributed by atoms with Crippen LogP contribution in [0.5, 0.6) is 0 Å². The monoisotopic (exact) mass is 208 g/mol. The van der Waals surface area contributed by atoms with Crippen molar-refractivity contribution in [1.82, 2.24) is 10.3 Å². The summed E-state index contributed by atoms with van der Waals surface area (Å²) >= 11 is 0. The fourth-order valence-corrected chi connectivity index (χ4v) is 2.27. The highest BCUT2D eigenvalue weighted by Crippen LogP contribution is 2.31. The molecule has 15 heavy (non-hydrogen) atoms. The van der Waals surface area contributed by atoms with Gasteiger partial charge >= 0.3 is 5.97 Å². The Morgan fingerprint density at radius 1 is 1.67 bits per heavy atom. The van der Waals surface area contributed by atoms with Gasteiger partial charge in [-0.25, -0.2) is 0 Å². The molecule has 0 saturated heterocycles. The van der Waals surface area contributed by atoms with E-state index in [9.17, 15) is 4.79 Å². The first-order chi connectivity index (χ1) is 7.12. The molecule has 0 aliphatic carbocycles. The molecule has 2 rings (SSSR count). The lowest BCUT2D eigenvalue weighted by Crippen LogP contribution is -2.44. The summed E-state index contributed by atoms with van der Waals surface area (Å²) in [5, 5.41) is 12.1. The average Bonchev–Trinajstić information content (AvgIpc) is 2.65. The van der Waals surface area contributed by atoms with Crippen LogP contribution in [-0.2, 0) is 16.8 Å². The standard InChI is InChI=1S/C11H16N2O2/c1-11(5-2-10(14)15)8-3-6-12-9(8)4-7-13-11/h3,6,12-13H,2,4-5,7H2,1H3,(H,14,15). The van der Waals surface area contributed by atoms with Crippen LogP contribution in [0.25, 0.3) is 0 Å². The van der Waals surface area contributed by atoms with Gasteiger partial charge in [-0.2, -0.15) is 0 Å². The third-order valence-electron chi connectivity index (χ3n) is 3.16. The first-order valence-corrected chi connectivity index (χ1v) is 5.25. The number of nitrogens with one attached hydrogen (secondary N) is 2. The number of fused-ring (bicyclic) bond motifs is 1. The molecule has 4 heteroatoms. The van der Waals surface area contributed by atoms with Gasteiger partial charge in [-0.1, -0.05) is 0 Å². The van der Waals surface area contributed by atoms with E-state index >= 15 is 0 Å². The third kappa shape index (κ3) is 1.90. The van der Waals surface area contributed by atoms with E-state index in [2.05, 4.69) is 17.2 Å². The fraction of sp³-hybridized carbons (Fsp3) is 0.545. The van der Waals surface area contributed by atoms with Gasteiger partial charge in [-0.05, 0) is 25.0 Å². The molecule has 1 aliphatic heterocycles. The molecule has 4 nitrogen and oxygen atoms in total. The molecule has 1 aromatic rings. The van der Waals surface area contributed by atoms with Crippen LogP contribution in [-0.4, -0.2) is 22.6 Å². The van der Waals surface area contributed by atoms with Gasteiger partial charge in [0, 0.05) is 36.8 Å². The molecule has 0 aromatic carbocycles. The summed E-state index contributed by atoms with van der Waals surface area (Å²) in [5.74, 6) is -0.735.